The van der Waals surface area contributed by atoms with Crippen molar-refractivity contribution < 1.29 is 9.47 Å². The fraction of sp³-hybridized carbons (Fsp3) is 0.889. The van der Waals surface area contributed by atoms with E-state index in [1.807, 2.05) is 41.5 Å². The molecule has 0 radical (unpaired) electrons. The summed E-state index contributed by atoms with van der Waals surface area (Å²) < 4.78 is 25.4. The van der Waals surface area contributed by atoms with Crippen molar-refractivity contribution in [1.82, 2.24) is 0 Å². The molecule has 0 aromatic heterocycles. The molecular weight excluding hydrogens is 200 g/mol. The second kappa shape index (κ2) is 4.42. The number of rotatable bonds is 0. The van der Waals surface area contributed by atoms with Crippen LogP contribution in [-0.2, 0) is 19.6 Å². The molecule has 0 aromatic rings. The quantitative estimate of drug-likeness (QED) is 0.616. The van der Waals surface area contributed by atoms with Crippen molar-refractivity contribution in [1.29, 1.82) is 9.56 Å². The Bertz CT molecular complexity index is 292. The Labute approximate surface area is 87.6 Å². The van der Waals surface area contributed by atoms with Crippen LogP contribution >= 0.6 is 0 Å². The van der Waals surface area contributed by atoms with E-state index in [2.05, 4.69) is 0 Å². The number of hydrogen-bond donors (Lipinski definition) is 2. The van der Waals surface area contributed by atoms with Gasteiger partial charge in [0, 0.05) is 10.1 Å². The average Bonchev–Trinajstić information content (AvgIpc) is 1.78. The van der Waals surface area contributed by atoms with E-state index in [-0.39, 0.29) is 5.24 Å². The highest BCUT2D eigenvalue weighted by atomic mass is 32.1. The van der Waals surface area contributed by atoms with Gasteiger partial charge in [0.05, 0.1) is 11.2 Å². The van der Waals surface area contributed by atoms with Crippen molar-refractivity contribution in [2.45, 2.75) is 52.7 Å². The van der Waals surface area contributed by atoms with E-state index in [9.17, 15) is 0 Å². The summed E-state index contributed by atoms with van der Waals surface area (Å²) in [6.07, 6.45) is 0. The maximum absolute atomic E-state index is 7.30. The minimum atomic E-state index is -1.47. The van der Waals surface area contributed by atoms with Crippen molar-refractivity contribution in [2.75, 3.05) is 0 Å². The monoisotopic (exact) mass is 220 g/mol. The van der Waals surface area contributed by atoms with Crippen LogP contribution in [0.3, 0.4) is 0 Å². The zero-order chi connectivity index (χ0) is 11.6. The summed E-state index contributed by atoms with van der Waals surface area (Å²) in [6.45, 7) is 11.2. The Morgan fingerprint density at radius 3 is 1.29 bits per heavy atom. The second-order valence-corrected chi connectivity index (χ2v) is 5.93. The Balaban J connectivity index is 4.78. The van der Waals surface area contributed by atoms with Gasteiger partial charge < -0.3 is 9.47 Å². The predicted octanol–water partition coefficient (Wildman–Crippen LogP) is 2.85. The largest absolute Gasteiger partial charge is 0.310 e. The van der Waals surface area contributed by atoms with Crippen molar-refractivity contribution in [3.05, 3.63) is 0 Å². The van der Waals surface area contributed by atoms with E-state index in [4.69, 9.17) is 19.0 Å². The van der Waals surface area contributed by atoms with Gasteiger partial charge in [-0.3, -0.25) is 0 Å². The zero-order valence-corrected chi connectivity index (χ0v) is 10.5. The summed E-state index contributed by atoms with van der Waals surface area (Å²) in [5, 5.41) is 0.0880. The minimum absolute atomic E-state index is 0.0880. The molecule has 14 heavy (non-hydrogen) atoms. The molecule has 4 nitrogen and oxygen atoms in total. The fourth-order valence-corrected chi connectivity index (χ4v) is 1.27. The van der Waals surface area contributed by atoms with Crippen LogP contribution in [0.5, 0.6) is 0 Å². The van der Waals surface area contributed by atoms with E-state index < -0.39 is 21.3 Å². The lowest BCUT2D eigenvalue weighted by Crippen LogP contribution is -2.31. The summed E-state index contributed by atoms with van der Waals surface area (Å²) in [6, 6.07) is 0. The highest BCUT2D eigenvalue weighted by Gasteiger charge is 2.20. The molecule has 0 bridgehead atoms. The maximum Gasteiger partial charge on any atom is 0.267 e. The maximum atomic E-state index is 7.30. The SMILES string of the molecule is CC(C)(C)OC(OC(C)(C)C)=S(=N)=N. The van der Waals surface area contributed by atoms with Gasteiger partial charge in [-0.25, -0.2) is 9.56 Å². The Kier molecular flexibility index (Phi) is 4.30. The Morgan fingerprint density at radius 1 is 0.857 bits per heavy atom. The van der Waals surface area contributed by atoms with E-state index in [0.29, 0.717) is 0 Å². The van der Waals surface area contributed by atoms with E-state index in [1.165, 1.54) is 0 Å². The molecule has 0 rings (SSSR count). The summed E-state index contributed by atoms with van der Waals surface area (Å²) in [4.78, 5) is 0. The smallest absolute Gasteiger partial charge is 0.267 e. The Morgan fingerprint density at radius 2 is 1.14 bits per heavy atom. The first-order chi connectivity index (χ1) is 6.01. The van der Waals surface area contributed by atoms with Crippen LogP contribution in [0.2, 0.25) is 0 Å². The molecule has 84 valence electrons. The van der Waals surface area contributed by atoms with Crippen LogP contribution in [0, 0.1) is 9.56 Å². The van der Waals surface area contributed by atoms with E-state index in [1.54, 1.807) is 0 Å². The van der Waals surface area contributed by atoms with Gasteiger partial charge in [0.15, 0.2) is 0 Å². The molecular formula is C9H20N2O2S. The molecule has 2 N–H and O–H groups in total. The van der Waals surface area contributed by atoms with Gasteiger partial charge in [-0.15, -0.1) is 0 Å². The highest BCUT2D eigenvalue weighted by molar-refractivity contribution is 7.74. The van der Waals surface area contributed by atoms with E-state index >= 15 is 0 Å². The molecule has 0 heterocycles. The Hall–Kier alpha value is -0.390. The molecule has 0 aliphatic carbocycles. The third kappa shape index (κ3) is 7.06. The minimum Gasteiger partial charge on any atom is -0.310 e. The fourth-order valence-electron chi connectivity index (χ4n) is 0.604. The number of nitrogens with one attached hydrogen (secondary N) is 2. The van der Waals surface area contributed by atoms with Gasteiger partial charge in [0.25, 0.3) is 5.24 Å². The molecule has 0 aliphatic rings. The molecule has 0 spiro atoms. The molecule has 0 unspecified atom stereocenters. The van der Waals surface area contributed by atoms with Crippen molar-refractivity contribution in [3.8, 4) is 0 Å². The van der Waals surface area contributed by atoms with Gasteiger partial charge in [-0.1, -0.05) is 0 Å². The van der Waals surface area contributed by atoms with Crippen LogP contribution < -0.4 is 0 Å². The van der Waals surface area contributed by atoms with Crippen LogP contribution in [0.1, 0.15) is 41.5 Å². The molecule has 0 aromatic carbocycles. The lowest BCUT2D eigenvalue weighted by Gasteiger charge is -2.25. The van der Waals surface area contributed by atoms with Crippen molar-refractivity contribution in [3.63, 3.8) is 0 Å². The van der Waals surface area contributed by atoms with Crippen molar-refractivity contribution in [2.24, 2.45) is 0 Å². The number of hydrogen-bond acceptors (Lipinski definition) is 4. The lowest BCUT2D eigenvalue weighted by atomic mass is 10.2. The predicted molar refractivity (Wildman–Crippen MR) is 59.5 cm³/mol. The zero-order valence-electron chi connectivity index (χ0n) is 9.72. The summed E-state index contributed by atoms with van der Waals surface area (Å²) >= 11 is 0. The average molecular weight is 220 g/mol. The normalized spacial score (nSPS) is 12.7. The summed E-state index contributed by atoms with van der Waals surface area (Å²) in [7, 11) is -1.47. The van der Waals surface area contributed by atoms with Crippen LogP contribution in [0.4, 0.5) is 0 Å². The summed E-state index contributed by atoms with van der Waals surface area (Å²) in [5.74, 6) is 0. The molecule has 0 saturated carbocycles. The first-order valence-corrected chi connectivity index (χ1v) is 5.65. The first kappa shape index (κ1) is 13.6. The van der Waals surface area contributed by atoms with Crippen LogP contribution in [0.25, 0.3) is 0 Å². The lowest BCUT2D eigenvalue weighted by molar-refractivity contribution is 0.0175. The first-order valence-electron chi connectivity index (χ1n) is 4.43. The van der Waals surface area contributed by atoms with Gasteiger partial charge in [-0.05, 0) is 41.5 Å². The van der Waals surface area contributed by atoms with Crippen LogP contribution in [0.15, 0.2) is 0 Å². The topological polar surface area (TPSA) is 66.2 Å². The van der Waals surface area contributed by atoms with Gasteiger partial charge in [-0.2, -0.15) is 0 Å². The van der Waals surface area contributed by atoms with E-state index in [0.717, 1.165) is 0 Å². The third-order valence-electron chi connectivity index (χ3n) is 0.946. The van der Waals surface area contributed by atoms with Gasteiger partial charge >= 0.3 is 0 Å². The standard InChI is InChI=1S/C9H20N2O2S/c1-8(2,3)12-7(14(10)11)13-9(4,5)6/h10-11H,1-6H3. The molecule has 0 saturated heterocycles. The third-order valence-corrected chi connectivity index (χ3v) is 1.45. The molecule has 0 fully saturated rings. The molecule has 0 atom stereocenters. The van der Waals surface area contributed by atoms with Crippen molar-refractivity contribution >= 4 is 15.3 Å². The van der Waals surface area contributed by atoms with Gasteiger partial charge in [0.2, 0.25) is 0 Å². The summed E-state index contributed by atoms with van der Waals surface area (Å²) in [5.41, 5.74) is -0.845. The number of ether oxygens (including phenoxy) is 2. The second-order valence-electron chi connectivity index (χ2n) is 4.99. The highest BCUT2D eigenvalue weighted by Crippen LogP contribution is 2.13. The van der Waals surface area contributed by atoms with Gasteiger partial charge in [0.1, 0.15) is 0 Å². The van der Waals surface area contributed by atoms with Crippen LogP contribution in [-0.4, -0.2) is 16.4 Å². The molecule has 0 amide bonds. The molecule has 5 heteroatoms. The molecule has 0 aliphatic heterocycles.